The number of amides is 1. The average molecular weight is 425 g/mol. The lowest BCUT2D eigenvalue weighted by Crippen LogP contribution is -2.50. The lowest BCUT2D eigenvalue weighted by Gasteiger charge is -2.35. The molecule has 1 aromatic carbocycles. The predicted molar refractivity (Wildman–Crippen MR) is 117 cm³/mol. The highest BCUT2D eigenvalue weighted by Gasteiger charge is 2.22. The smallest absolute Gasteiger partial charge is 0.260 e. The van der Waals surface area contributed by atoms with Crippen LogP contribution in [0, 0.1) is 6.92 Å². The Hall–Kier alpha value is -3.13. The summed E-state index contributed by atoms with van der Waals surface area (Å²) in [4.78, 5) is 25.6. The first-order valence-electron chi connectivity index (χ1n) is 9.80. The van der Waals surface area contributed by atoms with Gasteiger partial charge in [-0.3, -0.25) is 4.79 Å². The van der Waals surface area contributed by atoms with E-state index in [2.05, 4.69) is 20.9 Å². The Labute approximate surface area is 179 Å². The molecular weight excluding hydrogens is 400 g/mol. The predicted octanol–water partition coefficient (Wildman–Crippen LogP) is 3.25. The fourth-order valence-electron chi connectivity index (χ4n) is 3.28. The van der Waals surface area contributed by atoms with Gasteiger partial charge in [0.2, 0.25) is 0 Å². The number of thiazole rings is 1. The number of pyridine rings is 1. The second-order valence-corrected chi connectivity index (χ2v) is 7.89. The Morgan fingerprint density at radius 2 is 1.80 bits per heavy atom. The number of rotatable bonds is 6. The number of carbonyl (C=O) groups is 1. The van der Waals surface area contributed by atoms with Gasteiger partial charge in [0.05, 0.1) is 7.11 Å². The highest BCUT2D eigenvalue weighted by atomic mass is 32.1. The van der Waals surface area contributed by atoms with E-state index in [1.807, 2.05) is 41.6 Å². The summed E-state index contributed by atoms with van der Waals surface area (Å²) in [5.41, 5.74) is 2.05. The molecular formula is C22H24N4O3S. The molecule has 0 unspecified atom stereocenters. The van der Waals surface area contributed by atoms with E-state index in [1.54, 1.807) is 30.6 Å². The molecule has 1 fully saturated rings. The molecule has 156 valence electrons. The van der Waals surface area contributed by atoms with Gasteiger partial charge < -0.3 is 19.3 Å². The zero-order chi connectivity index (χ0) is 20.9. The summed E-state index contributed by atoms with van der Waals surface area (Å²) in [6.07, 6.45) is 1.87. The Morgan fingerprint density at radius 1 is 1.07 bits per heavy atom. The van der Waals surface area contributed by atoms with Gasteiger partial charge in [-0.25, -0.2) is 9.97 Å². The molecule has 1 aliphatic heterocycles. The largest absolute Gasteiger partial charge is 0.497 e. The molecule has 30 heavy (non-hydrogen) atoms. The normalized spacial score (nSPS) is 13.9. The van der Waals surface area contributed by atoms with Gasteiger partial charge in [0, 0.05) is 49.0 Å². The van der Waals surface area contributed by atoms with Crippen molar-refractivity contribution in [2.45, 2.75) is 6.92 Å². The minimum Gasteiger partial charge on any atom is -0.497 e. The Morgan fingerprint density at radius 3 is 2.40 bits per heavy atom. The maximum atomic E-state index is 12.5. The van der Waals surface area contributed by atoms with Gasteiger partial charge in [0.15, 0.2) is 6.61 Å². The van der Waals surface area contributed by atoms with Crippen molar-refractivity contribution in [2.75, 3.05) is 44.8 Å². The third-order valence-electron chi connectivity index (χ3n) is 4.99. The van der Waals surface area contributed by atoms with Gasteiger partial charge in [-0.05, 0) is 43.3 Å². The third-order valence-corrected chi connectivity index (χ3v) is 6.00. The van der Waals surface area contributed by atoms with Gasteiger partial charge in [-0.1, -0.05) is 0 Å². The second kappa shape index (κ2) is 9.13. The summed E-state index contributed by atoms with van der Waals surface area (Å²) in [7, 11) is 1.62. The van der Waals surface area contributed by atoms with E-state index in [0.29, 0.717) is 18.8 Å². The molecule has 0 radical (unpaired) electrons. The third kappa shape index (κ3) is 4.71. The van der Waals surface area contributed by atoms with E-state index in [4.69, 9.17) is 9.47 Å². The first-order valence-corrected chi connectivity index (χ1v) is 10.7. The fourth-order valence-corrected chi connectivity index (χ4v) is 4.07. The van der Waals surface area contributed by atoms with Crippen molar-refractivity contribution in [2.24, 2.45) is 0 Å². The fraction of sp³-hybridized carbons (Fsp3) is 0.318. The molecule has 3 aromatic rings. The first kappa shape index (κ1) is 20.2. The monoisotopic (exact) mass is 424 g/mol. The molecule has 0 N–H and O–H groups in total. The summed E-state index contributed by atoms with van der Waals surface area (Å²) in [5.74, 6) is 2.33. The zero-order valence-electron chi connectivity index (χ0n) is 17.1. The highest BCUT2D eigenvalue weighted by Crippen LogP contribution is 2.25. The van der Waals surface area contributed by atoms with Crippen LogP contribution >= 0.6 is 11.3 Å². The van der Waals surface area contributed by atoms with Gasteiger partial charge in [-0.2, -0.15) is 0 Å². The lowest BCUT2D eigenvalue weighted by molar-refractivity contribution is -0.133. The molecule has 0 saturated carbocycles. The number of piperazine rings is 1. The van der Waals surface area contributed by atoms with Crippen molar-refractivity contribution in [3.63, 3.8) is 0 Å². The van der Waals surface area contributed by atoms with Crippen molar-refractivity contribution in [1.29, 1.82) is 0 Å². The molecule has 1 saturated heterocycles. The van der Waals surface area contributed by atoms with E-state index in [9.17, 15) is 4.79 Å². The van der Waals surface area contributed by atoms with Crippen LogP contribution in [0.25, 0.3) is 10.6 Å². The van der Waals surface area contributed by atoms with Crippen LogP contribution in [0.15, 0.2) is 48.0 Å². The van der Waals surface area contributed by atoms with Crippen molar-refractivity contribution in [3.8, 4) is 22.1 Å². The first-order chi connectivity index (χ1) is 14.6. The number of nitrogens with zero attached hydrogens (tertiary/aromatic N) is 4. The molecule has 1 aliphatic rings. The minimum absolute atomic E-state index is 0.00656. The molecule has 7 nitrogen and oxygen atoms in total. The minimum atomic E-state index is -0.00656. The van der Waals surface area contributed by atoms with Gasteiger partial charge in [-0.15, -0.1) is 11.3 Å². The topological polar surface area (TPSA) is 67.8 Å². The van der Waals surface area contributed by atoms with Crippen LogP contribution in [-0.2, 0) is 4.79 Å². The van der Waals surface area contributed by atoms with Crippen LogP contribution in [0.5, 0.6) is 11.5 Å². The number of hydrogen-bond acceptors (Lipinski definition) is 7. The number of carbonyl (C=O) groups excluding carboxylic acids is 1. The molecule has 2 aromatic heterocycles. The number of benzene rings is 1. The number of aryl methyl sites for hydroxylation is 1. The number of ether oxygens (including phenoxy) is 2. The number of hydrogen-bond donors (Lipinski definition) is 0. The van der Waals surface area contributed by atoms with Gasteiger partial charge in [0.1, 0.15) is 22.3 Å². The Bertz CT molecular complexity index is 980. The maximum absolute atomic E-state index is 12.5. The number of aromatic nitrogens is 2. The SMILES string of the molecule is COc1ccc(OCC(=O)N2CCN(c3ccc(-c4nc(C)cs4)cn3)CC2)cc1. The van der Waals surface area contributed by atoms with E-state index < -0.39 is 0 Å². The molecule has 1 amide bonds. The van der Waals surface area contributed by atoms with Crippen LogP contribution in [0.1, 0.15) is 5.69 Å². The lowest BCUT2D eigenvalue weighted by atomic mass is 10.2. The molecule has 8 heteroatoms. The van der Waals surface area contributed by atoms with Crippen LogP contribution in [0.3, 0.4) is 0 Å². The van der Waals surface area contributed by atoms with Crippen LogP contribution in [-0.4, -0.2) is 60.7 Å². The number of anilines is 1. The summed E-state index contributed by atoms with van der Waals surface area (Å²) < 4.78 is 10.7. The molecule has 3 heterocycles. The van der Waals surface area contributed by atoms with Crippen molar-refractivity contribution in [3.05, 3.63) is 53.7 Å². The number of methoxy groups -OCH3 is 1. The average Bonchev–Trinajstić information content (AvgIpc) is 3.24. The van der Waals surface area contributed by atoms with Gasteiger partial charge in [0.25, 0.3) is 5.91 Å². The molecule has 0 bridgehead atoms. The van der Waals surface area contributed by atoms with Crippen molar-refractivity contribution >= 4 is 23.1 Å². The summed E-state index contributed by atoms with van der Waals surface area (Å²) >= 11 is 1.63. The summed E-state index contributed by atoms with van der Waals surface area (Å²) in [6.45, 7) is 4.82. The summed E-state index contributed by atoms with van der Waals surface area (Å²) in [6, 6.07) is 11.3. The van der Waals surface area contributed by atoms with Crippen LogP contribution in [0.4, 0.5) is 5.82 Å². The van der Waals surface area contributed by atoms with Crippen LogP contribution < -0.4 is 14.4 Å². The van der Waals surface area contributed by atoms with Crippen molar-refractivity contribution < 1.29 is 14.3 Å². The highest BCUT2D eigenvalue weighted by molar-refractivity contribution is 7.13. The van der Waals surface area contributed by atoms with E-state index in [-0.39, 0.29) is 12.5 Å². The zero-order valence-corrected chi connectivity index (χ0v) is 17.9. The second-order valence-electron chi connectivity index (χ2n) is 7.03. The molecule has 0 atom stereocenters. The standard InChI is InChI=1S/C22H24N4O3S/c1-16-15-30-22(24-16)17-3-8-20(23-13-17)25-9-11-26(12-10-25)21(27)14-29-19-6-4-18(28-2)5-7-19/h3-8,13,15H,9-12,14H2,1-2H3. The van der Waals surface area contributed by atoms with E-state index in [0.717, 1.165) is 40.9 Å². The molecule has 0 spiro atoms. The van der Waals surface area contributed by atoms with Gasteiger partial charge >= 0.3 is 0 Å². The summed E-state index contributed by atoms with van der Waals surface area (Å²) in [5, 5.41) is 3.02. The van der Waals surface area contributed by atoms with E-state index in [1.165, 1.54) is 0 Å². The molecule has 0 aliphatic carbocycles. The molecule has 4 rings (SSSR count). The Balaban J connectivity index is 1.27. The maximum Gasteiger partial charge on any atom is 0.260 e. The van der Waals surface area contributed by atoms with Crippen molar-refractivity contribution in [1.82, 2.24) is 14.9 Å². The van der Waals surface area contributed by atoms with E-state index >= 15 is 0 Å². The quantitative estimate of drug-likeness (QED) is 0.605. The van der Waals surface area contributed by atoms with Crippen LogP contribution in [0.2, 0.25) is 0 Å². The Kier molecular flexibility index (Phi) is 6.13.